The second kappa shape index (κ2) is 6.97. The second-order valence-corrected chi connectivity index (χ2v) is 6.43. The zero-order valence-corrected chi connectivity index (χ0v) is 14.6. The lowest BCUT2D eigenvalue weighted by Gasteiger charge is -2.17. The molecule has 1 N–H and O–H groups in total. The molecule has 2 heterocycles. The van der Waals surface area contributed by atoms with Gasteiger partial charge in [-0.15, -0.1) is 0 Å². The van der Waals surface area contributed by atoms with Gasteiger partial charge in [0.1, 0.15) is 10.8 Å². The van der Waals surface area contributed by atoms with Crippen LogP contribution in [-0.2, 0) is 4.79 Å². The predicted molar refractivity (Wildman–Crippen MR) is 95.2 cm³/mol. The van der Waals surface area contributed by atoms with Crippen molar-refractivity contribution in [3.8, 4) is 0 Å². The number of pyridine rings is 1. The Labute approximate surface area is 153 Å². The molecule has 0 aliphatic carbocycles. The van der Waals surface area contributed by atoms with Crippen LogP contribution in [0.15, 0.2) is 30.3 Å². The van der Waals surface area contributed by atoms with Gasteiger partial charge in [-0.25, -0.2) is 4.98 Å². The molecule has 1 saturated heterocycles. The molecule has 2 amide bonds. The van der Waals surface area contributed by atoms with Crippen molar-refractivity contribution in [3.05, 3.63) is 51.2 Å². The molecule has 24 heavy (non-hydrogen) atoms. The molecular formula is C16H12Cl3N3O2. The Morgan fingerprint density at radius 2 is 1.88 bits per heavy atom. The highest BCUT2D eigenvalue weighted by Crippen LogP contribution is 2.30. The van der Waals surface area contributed by atoms with Crippen LogP contribution in [0.2, 0.25) is 15.2 Å². The number of anilines is 2. The average Bonchev–Trinajstić information content (AvgIpc) is 2.98. The summed E-state index contributed by atoms with van der Waals surface area (Å²) in [6.07, 6.45) is 1.33. The summed E-state index contributed by atoms with van der Waals surface area (Å²) in [5.74, 6) is -0.483. The number of carbonyl (C=O) groups excluding carboxylic acids is 2. The first kappa shape index (κ1) is 17.0. The highest BCUT2D eigenvalue weighted by Gasteiger charge is 2.23. The quantitative estimate of drug-likeness (QED) is 0.797. The third-order valence-electron chi connectivity index (χ3n) is 3.61. The Morgan fingerprint density at radius 3 is 2.58 bits per heavy atom. The summed E-state index contributed by atoms with van der Waals surface area (Å²) in [4.78, 5) is 29.8. The molecule has 0 atom stereocenters. The number of benzene rings is 1. The van der Waals surface area contributed by atoms with Crippen molar-refractivity contribution in [1.82, 2.24) is 4.98 Å². The molecule has 5 nitrogen and oxygen atoms in total. The fourth-order valence-electron chi connectivity index (χ4n) is 2.46. The van der Waals surface area contributed by atoms with Crippen LogP contribution in [0.5, 0.6) is 0 Å². The molecule has 2 aromatic rings. The summed E-state index contributed by atoms with van der Waals surface area (Å²) in [5, 5.41) is 3.34. The molecule has 1 aliphatic rings. The van der Waals surface area contributed by atoms with E-state index in [9.17, 15) is 9.59 Å². The highest BCUT2D eigenvalue weighted by atomic mass is 35.5. The topological polar surface area (TPSA) is 62.3 Å². The molecule has 0 spiro atoms. The van der Waals surface area contributed by atoms with Crippen molar-refractivity contribution < 1.29 is 9.59 Å². The van der Waals surface area contributed by atoms with Gasteiger partial charge in [0.25, 0.3) is 5.91 Å². The minimum Gasteiger partial charge on any atom is -0.319 e. The summed E-state index contributed by atoms with van der Waals surface area (Å²) in [7, 11) is 0. The summed E-state index contributed by atoms with van der Waals surface area (Å²) < 4.78 is 0. The Kier molecular flexibility index (Phi) is 4.94. The van der Waals surface area contributed by atoms with E-state index in [0.29, 0.717) is 29.4 Å². The van der Waals surface area contributed by atoms with Crippen LogP contribution in [0.1, 0.15) is 23.3 Å². The van der Waals surface area contributed by atoms with Crippen molar-refractivity contribution in [2.45, 2.75) is 12.8 Å². The lowest BCUT2D eigenvalue weighted by molar-refractivity contribution is -0.117. The molecule has 0 saturated carbocycles. The molecule has 0 bridgehead atoms. The Morgan fingerprint density at radius 1 is 1.12 bits per heavy atom. The molecule has 0 unspecified atom stereocenters. The van der Waals surface area contributed by atoms with E-state index in [1.54, 1.807) is 23.1 Å². The first-order chi connectivity index (χ1) is 11.5. The van der Waals surface area contributed by atoms with Gasteiger partial charge < -0.3 is 10.2 Å². The fourth-order valence-corrected chi connectivity index (χ4v) is 2.96. The number of halogens is 3. The van der Waals surface area contributed by atoms with Gasteiger partial charge in [-0.1, -0.05) is 34.8 Å². The Bertz CT molecular complexity index is 826. The third kappa shape index (κ3) is 3.48. The lowest BCUT2D eigenvalue weighted by atomic mass is 10.2. The summed E-state index contributed by atoms with van der Waals surface area (Å²) in [6, 6.07) is 8.01. The van der Waals surface area contributed by atoms with Gasteiger partial charge in [0, 0.05) is 18.7 Å². The molecule has 1 aromatic heterocycles. The highest BCUT2D eigenvalue weighted by molar-refractivity contribution is 6.36. The van der Waals surface area contributed by atoms with E-state index in [4.69, 9.17) is 34.8 Å². The number of rotatable bonds is 3. The zero-order chi connectivity index (χ0) is 17.3. The largest absolute Gasteiger partial charge is 0.319 e. The molecule has 3 rings (SSSR count). The van der Waals surface area contributed by atoms with Crippen LogP contribution >= 0.6 is 34.8 Å². The zero-order valence-electron chi connectivity index (χ0n) is 12.4. The molecule has 0 radical (unpaired) electrons. The first-order valence-electron chi connectivity index (χ1n) is 7.19. The van der Waals surface area contributed by atoms with Crippen LogP contribution in [0.4, 0.5) is 11.4 Å². The van der Waals surface area contributed by atoms with E-state index in [0.717, 1.165) is 6.42 Å². The Balaban J connectivity index is 1.88. The van der Waals surface area contributed by atoms with Gasteiger partial charge in [0.05, 0.1) is 15.7 Å². The minimum atomic E-state index is -0.533. The van der Waals surface area contributed by atoms with Crippen LogP contribution < -0.4 is 10.2 Å². The van der Waals surface area contributed by atoms with Gasteiger partial charge in [-0.2, -0.15) is 0 Å². The normalized spacial score (nSPS) is 14.1. The monoisotopic (exact) mass is 383 g/mol. The lowest BCUT2D eigenvalue weighted by Crippen LogP contribution is -2.24. The summed E-state index contributed by atoms with van der Waals surface area (Å²) in [5.41, 5.74) is 1.06. The molecule has 1 aromatic carbocycles. The SMILES string of the molecule is O=C(Nc1cc(N2CCCC2=O)ccc1Cl)c1nc(Cl)ccc1Cl. The minimum absolute atomic E-state index is 0.00267. The van der Waals surface area contributed by atoms with E-state index >= 15 is 0 Å². The number of amides is 2. The van der Waals surface area contributed by atoms with Gasteiger partial charge >= 0.3 is 0 Å². The third-order valence-corrected chi connectivity index (χ3v) is 4.46. The molecular weight excluding hydrogens is 373 g/mol. The predicted octanol–water partition coefficient (Wildman–Crippen LogP) is 4.42. The van der Waals surface area contributed by atoms with E-state index in [2.05, 4.69) is 10.3 Å². The number of carbonyl (C=O) groups is 2. The summed E-state index contributed by atoms with van der Waals surface area (Å²) >= 11 is 17.9. The number of nitrogens with zero attached hydrogens (tertiary/aromatic N) is 2. The van der Waals surface area contributed by atoms with Crippen LogP contribution in [0.25, 0.3) is 0 Å². The van der Waals surface area contributed by atoms with Crippen LogP contribution in [0, 0.1) is 0 Å². The molecule has 8 heteroatoms. The maximum Gasteiger partial charge on any atom is 0.275 e. The van der Waals surface area contributed by atoms with Gasteiger partial charge in [-0.3, -0.25) is 9.59 Å². The molecule has 124 valence electrons. The Hall–Kier alpha value is -1.82. The van der Waals surface area contributed by atoms with Gasteiger partial charge in [-0.05, 0) is 36.8 Å². The molecule has 1 aliphatic heterocycles. The van der Waals surface area contributed by atoms with Gasteiger partial charge in [0.2, 0.25) is 5.91 Å². The van der Waals surface area contributed by atoms with E-state index in [-0.39, 0.29) is 21.8 Å². The number of nitrogens with one attached hydrogen (secondary N) is 1. The van der Waals surface area contributed by atoms with Crippen molar-refractivity contribution in [3.63, 3.8) is 0 Å². The summed E-state index contributed by atoms with van der Waals surface area (Å²) in [6.45, 7) is 0.648. The van der Waals surface area contributed by atoms with Crippen LogP contribution in [-0.4, -0.2) is 23.3 Å². The molecule has 1 fully saturated rings. The fraction of sp³-hybridized carbons (Fsp3) is 0.188. The van der Waals surface area contributed by atoms with E-state index < -0.39 is 5.91 Å². The van der Waals surface area contributed by atoms with Crippen LogP contribution in [0.3, 0.4) is 0 Å². The first-order valence-corrected chi connectivity index (χ1v) is 8.32. The maximum atomic E-state index is 12.4. The van der Waals surface area contributed by atoms with Crippen molar-refractivity contribution in [2.75, 3.05) is 16.8 Å². The smallest absolute Gasteiger partial charge is 0.275 e. The van der Waals surface area contributed by atoms with Crippen molar-refractivity contribution in [2.24, 2.45) is 0 Å². The van der Waals surface area contributed by atoms with Crippen molar-refractivity contribution >= 4 is 58.0 Å². The van der Waals surface area contributed by atoms with Crippen molar-refractivity contribution in [1.29, 1.82) is 0 Å². The number of hydrogen-bond donors (Lipinski definition) is 1. The maximum absolute atomic E-state index is 12.4. The second-order valence-electron chi connectivity index (χ2n) is 5.23. The number of hydrogen-bond acceptors (Lipinski definition) is 3. The number of aromatic nitrogens is 1. The van der Waals surface area contributed by atoms with Gasteiger partial charge in [0.15, 0.2) is 0 Å². The standard InChI is InChI=1S/C16H12Cl3N3O2/c17-10-4-3-9(22-7-1-2-14(22)23)8-12(10)20-16(24)15-11(18)5-6-13(19)21-15/h3-6,8H,1-2,7H2,(H,20,24). The van der Waals surface area contributed by atoms with E-state index in [1.807, 2.05) is 0 Å². The van der Waals surface area contributed by atoms with E-state index in [1.165, 1.54) is 12.1 Å². The average molecular weight is 385 g/mol.